The number of benzene rings is 2. The quantitative estimate of drug-likeness (QED) is 0.670. The zero-order valence-corrected chi connectivity index (χ0v) is 18.3. The maximum absolute atomic E-state index is 12.7. The Kier molecular flexibility index (Phi) is 7.21. The van der Waals surface area contributed by atoms with Crippen molar-refractivity contribution in [1.82, 2.24) is 4.31 Å². The first-order chi connectivity index (χ1) is 13.9. The second-order valence-electron chi connectivity index (χ2n) is 7.13. The molecule has 0 bridgehead atoms. The number of sulfonamides is 1. The van der Waals surface area contributed by atoms with Gasteiger partial charge in [-0.15, -0.1) is 11.8 Å². The van der Waals surface area contributed by atoms with Gasteiger partial charge in [-0.25, -0.2) is 8.42 Å². The van der Waals surface area contributed by atoms with Crippen molar-refractivity contribution >= 4 is 33.4 Å². The van der Waals surface area contributed by atoms with Crippen molar-refractivity contribution in [3.8, 4) is 5.75 Å². The number of nitrogens with zero attached hydrogens (tertiary/aromatic N) is 1. The second-order valence-corrected chi connectivity index (χ2v) is 9.94. The molecule has 3 rings (SSSR count). The zero-order valence-electron chi connectivity index (χ0n) is 16.6. The van der Waals surface area contributed by atoms with Gasteiger partial charge in [0.05, 0.1) is 4.90 Å². The monoisotopic (exact) mass is 434 g/mol. The van der Waals surface area contributed by atoms with Crippen molar-refractivity contribution < 1.29 is 17.9 Å². The van der Waals surface area contributed by atoms with Crippen molar-refractivity contribution in [2.45, 2.75) is 29.6 Å². The van der Waals surface area contributed by atoms with E-state index in [9.17, 15) is 13.2 Å². The van der Waals surface area contributed by atoms with E-state index < -0.39 is 10.0 Å². The molecule has 1 aliphatic rings. The minimum atomic E-state index is -3.48. The molecule has 2 aromatic carbocycles. The van der Waals surface area contributed by atoms with E-state index in [1.165, 1.54) is 12.1 Å². The number of hydrogen-bond donors (Lipinski definition) is 1. The molecule has 0 spiro atoms. The van der Waals surface area contributed by atoms with Crippen LogP contribution in [-0.2, 0) is 14.8 Å². The first-order valence-corrected chi connectivity index (χ1v) is 12.2. The summed E-state index contributed by atoms with van der Waals surface area (Å²) in [6.07, 6.45) is 3.74. The van der Waals surface area contributed by atoms with Crippen LogP contribution in [0.3, 0.4) is 0 Å². The molecule has 1 fully saturated rings. The van der Waals surface area contributed by atoms with Crippen molar-refractivity contribution in [2.75, 3.05) is 31.3 Å². The number of carbonyl (C=O) groups is 1. The molecular formula is C21H26N2O4S2. The Labute approximate surface area is 176 Å². The third-order valence-corrected chi connectivity index (χ3v) is 7.57. The Morgan fingerprint density at radius 2 is 1.86 bits per heavy atom. The smallest absolute Gasteiger partial charge is 0.262 e. The lowest BCUT2D eigenvalue weighted by Crippen LogP contribution is -2.37. The molecule has 8 heteroatoms. The summed E-state index contributed by atoms with van der Waals surface area (Å²) in [4.78, 5) is 13.4. The molecule has 1 aliphatic heterocycles. The number of anilines is 1. The first-order valence-electron chi connectivity index (χ1n) is 9.55. The number of hydrogen-bond acceptors (Lipinski definition) is 5. The lowest BCUT2D eigenvalue weighted by Gasteiger charge is -2.29. The molecule has 1 saturated heterocycles. The molecule has 1 heterocycles. The van der Waals surface area contributed by atoms with Gasteiger partial charge in [0.1, 0.15) is 5.75 Å². The number of thioether (sulfide) groups is 1. The van der Waals surface area contributed by atoms with Crippen LogP contribution in [0.5, 0.6) is 5.75 Å². The SMILES string of the molecule is CSc1cccc(NC(=O)COc2ccc(S(=O)(=O)N3CCC(C)CC3)cc2)c1. The van der Waals surface area contributed by atoms with Gasteiger partial charge >= 0.3 is 0 Å². The Morgan fingerprint density at radius 1 is 1.17 bits per heavy atom. The van der Waals surface area contributed by atoms with Crippen LogP contribution in [0.15, 0.2) is 58.3 Å². The fourth-order valence-corrected chi connectivity index (χ4v) is 5.06. The van der Waals surface area contributed by atoms with E-state index >= 15 is 0 Å². The predicted molar refractivity (Wildman–Crippen MR) is 116 cm³/mol. The Morgan fingerprint density at radius 3 is 2.52 bits per heavy atom. The molecule has 0 atom stereocenters. The summed E-state index contributed by atoms with van der Waals surface area (Å²) in [6.45, 7) is 3.10. The number of nitrogens with one attached hydrogen (secondary N) is 1. The highest BCUT2D eigenvalue weighted by Crippen LogP contribution is 2.25. The molecule has 0 saturated carbocycles. The van der Waals surface area contributed by atoms with Gasteiger partial charge in [0.2, 0.25) is 10.0 Å². The van der Waals surface area contributed by atoms with Crippen LogP contribution in [0, 0.1) is 5.92 Å². The molecule has 0 radical (unpaired) electrons. The Bertz CT molecular complexity index is 937. The van der Waals surface area contributed by atoms with Gasteiger partial charge in [-0.05, 0) is 67.5 Å². The molecule has 2 aromatic rings. The Hall–Kier alpha value is -2.03. The van der Waals surface area contributed by atoms with E-state index in [1.807, 2.05) is 30.5 Å². The van der Waals surface area contributed by atoms with Crippen molar-refractivity contribution in [2.24, 2.45) is 5.92 Å². The highest BCUT2D eigenvalue weighted by molar-refractivity contribution is 7.98. The largest absolute Gasteiger partial charge is 0.484 e. The highest BCUT2D eigenvalue weighted by Gasteiger charge is 2.27. The molecule has 0 aromatic heterocycles. The van der Waals surface area contributed by atoms with E-state index in [0.717, 1.165) is 17.7 Å². The van der Waals surface area contributed by atoms with Gasteiger partial charge in [-0.2, -0.15) is 4.31 Å². The third-order valence-electron chi connectivity index (χ3n) is 4.93. The summed E-state index contributed by atoms with van der Waals surface area (Å²) in [5.74, 6) is 0.734. The average molecular weight is 435 g/mol. The number of ether oxygens (including phenoxy) is 1. The molecule has 1 N–H and O–H groups in total. The van der Waals surface area contributed by atoms with Crippen LogP contribution in [0.4, 0.5) is 5.69 Å². The van der Waals surface area contributed by atoms with E-state index in [0.29, 0.717) is 30.4 Å². The normalized spacial score (nSPS) is 15.8. The van der Waals surface area contributed by atoms with Gasteiger partial charge in [-0.3, -0.25) is 4.79 Å². The first kappa shape index (κ1) is 21.7. The minimum Gasteiger partial charge on any atom is -0.484 e. The van der Waals surface area contributed by atoms with Gasteiger partial charge in [0.15, 0.2) is 6.61 Å². The lowest BCUT2D eigenvalue weighted by atomic mass is 10.0. The second kappa shape index (κ2) is 9.65. The van der Waals surface area contributed by atoms with Crippen LogP contribution < -0.4 is 10.1 Å². The molecule has 6 nitrogen and oxygen atoms in total. The predicted octanol–water partition coefficient (Wildman–Crippen LogP) is 3.85. The standard InChI is InChI=1S/C21H26N2O4S2/c1-16-10-12-23(13-11-16)29(25,26)20-8-6-18(7-9-20)27-15-21(24)22-17-4-3-5-19(14-17)28-2/h3-9,14,16H,10-13,15H2,1-2H3,(H,22,24). The number of rotatable bonds is 7. The summed E-state index contributed by atoms with van der Waals surface area (Å²) in [5.41, 5.74) is 0.711. The highest BCUT2D eigenvalue weighted by atomic mass is 32.2. The number of piperidine rings is 1. The van der Waals surface area contributed by atoms with E-state index in [2.05, 4.69) is 12.2 Å². The number of amides is 1. The van der Waals surface area contributed by atoms with Crippen LogP contribution in [-0.4, -0.2) is 44.6 Å². The molecule has 0 aliphatic carbocycles. The zero-order chi connectivity index (χ0) is 20.9. The van der Waals surface area contributed by atoms with E-state index in [-0.39, 0.29) is 17.4 Å². The summed E-state index contributed by atoms with van der Waals surface area (Å²) in [7, 11) is -3.48. The minimum absolute atomic E-state index is 0.153. The van der Waals surface area contributed by atoms with Gasteiger partial charge in [0.25, 0.3) is 5.91 Å². The van der Waals surface area contributed by atoms with Gasteiger partial charge in [0, 0.05) is 23.7 Å². The fraction of sp³-hybridized carbons (Fsp3) is 0.381. The Balaban J connectivity index is 1.55. The fourth-order valence-electron chi connectivity index (χ4n) is 3.13. The van der Waals surface area contributed by atoms with Gasteiger partial charge in [-0.1, -0.05) is 13.0 Å². The summed E-state index contributed by atoms with van der Waals surface area (Å²) in [5, 5.41) is 2.79. The van der Waals surface area contributed by atoms with E-state index in [1.54, 1.807) is 28.2 Å². The third kappa shape index (κ3) is 5.74. The summed E-state index contributed by atoms with van der Waals surface area (Å²) < 4.78 is 32.5. The van der Waals surface area contributed by atoms with Crippen LogP contribution >= 0.6 is 11.8 Å². The molecule has 156 valence electrons. The summed E-state index contributed by atoms with van der Waals surface area (Å²) in [6, 6.07) is 13.8. The molecule has 1 amide bonds. The molecule has 0 unspecified atom stereocenters. The topological polar surface area (TPSA) is 75.7 Å². The maximum Gasteiger partial charge on any atom is 0.262 e. The van der Waals surface area contributed by atoms with Crippen molar-refractivity contribution in [1.29, 1.82) is 0 Å². The van der Waals surface area contributed by atoms with Gasteiger partial charge < -0.3 is 10.1 Å². The molecule has 29 heavy (non-hydrogen) atoms. The maximum atomic E-state index is 12.7. The lowest BCUT2D eigenvalue weighted by molar-refractivity contribution is -0.118. The molecular weight excluding hydrogens is 408 g/mol. The van der Waals surface area contributed by atoms with Crippen LogP contribution in [0.25, 0.3) is 0 Å². The van der Waals surface area contributed by atoms with Crippen LogP contribution in [0.1, 0.15) is 19.8 Å². The van der Waals surface area contributed by atoms with Crippen molar-refractivity contribution in [3.05, 3.63) is 48.5 Å². The average Bonchev–Trinajstić information content (AvgIpc) is 2.73. The number of carbonyl (C=O) groups excluding carboxylic acids is 1. The van der Waals surface area contributed by atoms with E-state index in [4.69, 9.17) is 4.74 Å². The van der Waals surface area contributed by atoms with Crippen LogP contribution in [0.2, 0.25) is 0 Å². The van der Waals surface area contributed by atoms with Crippen molar-refractivity contribution in [3.63, 3.8) is 0 Å². The summed E-state index contributed by atoms with van der Waals surface area (Å²) >= 11 is 1.60.